The summed E-state index contributed by atoms with van der Waals surface area (Å²) in [6.07, 6.45) is 0.196. The van der Waals surface area contributed by atoms with Crippen LogP contribution in [0.15, 0.2) is 42.5 Å². The minimum atomic E-state index is -0.444. The zero-order valence-electron chi connectivity index (χ0n) is 11.1. The van der Waals surface area contributed by atoms with E-state index in [1.54, 1.807) is 12.1 Å². The Bertz CT molecular complexity index is 848. The highest BCUT2D eigenvalue weighted by Crippen LogP contribution is 2.24. The molecule has 0 aliphatic carbocycles. The van der Waals surface area contributed by atoms with Gasteiger partial charge in [-0.15, -0.1) is 0 Å². The molecule has 0 aliphatic heterocycles. The molecule has 3 aromatic rings. The lowest BCUT2D eigenvalue weighted by Crippen LogP contribution is -2.05. The molecule has 0 radical (unpaired) electrons. The molecular formula is C16H11ClFN3. The van der Waals surface area contributed by atoms with Crippen molar-refractivity contribution in [3.63, 3.8) is 0 Å². The lowest BCUT2D eigenvalue weighted by molar-refractivity contribution is 0.623. The van der Waals surface area contributed by atoms with Crippen molar-refractivity contribution >= 4 is 22.6 Å². The van der Waals surface area contributed by atoms with Gasteiger partial charge in [0.15, 0.2) is 0 Å². The second kappa shape index (κ2) is 5.55. The summed E-state index contributed by atoms with van der Waals surface area (Å²) < 4.78 is 15.5. The number of imidazole rings is 1. The Hall–Kier alpha value is -2.38. The first-order valence-electron chi connectivity index (χ1n) is 6.44. The molecule has 0 saturated heterocycles. The molecule has 0 bridgehead atoms. The van der Waals surface area contributed by atoms with Crippen molar-refractivity contribution in [2.75, 3.05) is 0 Å². The smallest absolute Gasteiger partial charge is 0.142 e. The lowest BCUT2D eigenvalue weighted by Gasteiger charge is -2.09. The molecule has 21 heavy (non-hydrogen) atoms. The fourth-order valence-corrected chi connectivity index (χ4v) is 2.53. The van der Waals surface area contributed by atoms with Gasteiger partial charge in [-0.25, -0.2) is 9.37 Å². The van der Waals surface area contributed by atoms with Gasteiger partial charge in [-0.1, -0.05) is 35.9 Å². The number of fused-ring (bicyclic) bond motifs is 1. The number of rotatable bonds is 3. The predicted molar refractivity (Wildman–Crippen MR) is 79.6 cm³/mol. The number of para-hydroxylation sites is 2. The standard InChI is InChI=1S/C16H11ClFN3/c17-16-11(4-3-5-12(16)18)10-21-14-7-2-1-6-13(14)20-15(21)8-9-19/h1-7H,8,10H2. The van der Waals surface area contributed by atoms with Crippen LogP contribution in [0.5, 0.6) is 0 Å². The van der Waals surface area contributed by atoms with E-state index in [0.29, 0.717) is 17.9 Å². The molecule has 0 aliphatic rings. The Labute approximate surface area is 126 Å². The molecule has 0 unspecified atom stereocenters. The molecule has 0 spiro atoms. The van der Waals surface area contributed by atoms with E-state index >= 15 is 0 Å². The molecule has 3 nitrogen and oxygen atoms in total. The third kappa shape index (κ3) is 2.48. The second-order valence-electron chi connectivity index (χ2n) is 4.65. The van der Waals surface area contributed by atoms with E-state index in [1.807, 2.05) is 28.8 Å². The number of nitriles is 1. The van der Waals surface area contributed by atoms with E-state index in [4.69, 9.17) is 16.9 Å². The highest BCUT2D eigenvalue weighted by Gasteiger charge is 2.13. The van der Waals surface area contributed by atoms with E-state index in [1.165, 1.54) is 6.07 Å². The van der Waals surface area contributed by atoms with Crippen LogP contribution in [-0.2, 0) is 13.0 Å². The van der Waals surface area contributed by atoms with Gasteiger partial charge in [-0.05, 0) is 23.8 Å². The maximum Gasteiger partial charge on any atom is 0.142 e. The van der Waals surface area contributed by atoms with Gasteiger partial charge in [0.05, 0.1) is 35.1 Å². The second-order valence-corrected chi connectivity index (χ2v) is 5.03. The van der Waals surface area contributed by atoms with Crippen LogP contribution >= 0.6 is 11.6 Å². The molecule has 1 heterocycles. The average molecular weight is 300 g/mol. The molecule has 1 aromatic heterocycles. The van der Waals surface area contributed by atoms with Crippen molar-refractivity contribution in [1.82, 2.24) is 9.55 Å². The number of benzene rings is 2. The SMILES string of the molecule is N#CCc1nc2ccccc2n1Cc1cccc(F)c1Cl. The van der Waals surface area contributed by atoms with Crippen LogP contribution in [0.2, 0.25) is 5.02 Å². The summed E-state index contributed by atoms with van der Waals surface area (Å²) in [5.74, 6) is 0.208. The van der Waals surface area contributed by atoms with Crippen molar-refractivity contribution < 1.29 is 4.39 Å². The topological polar surface area (TPSA) is 41.6 Å². The summed E-state index contributed by atoms with van der Waals surface area (Å²) in [5.41, 5.74) is 2.39. The van der Waals surface area contributed by atoms with Crippen LogP contribution in [0, 0.1) is 17.1 Å². The number of nitrogens with zero attached hydrogens (tertiary/aromatic N) is 3. The van der Waals surface area contributed by atoms with Gasteiger partial charge in [0.1, 0.15) is 11.6 Å². The van der Waals surface area contributed by atoms with Crippen molar-refractivity contribution in [3.8, 4) is 6.07 Å². The van der Waals surface area contributed by atoms with Crippen LogP contribution < -0.4 is 0 Å². The van der Waals surface area contributed by atoms with Gasteiger partial charge in [-0.2, -0.15) is 5.26 Å². The fraction of sp³-hybridized carbons (Fsp3) is 0.125. The van der Waals surface area contributed by atoms with Crippen molar-refractivity contribution in [2.45, 2.75) is 13.0 Å². The summed E-state index contributed by atoms with van der Waals surface area (Å²) in [6, 6.07) is 14.4. The minimum Gasteiger partial charge on any atom is -0.323 e. The number of halogens is 2. The fourth-order valence-electron chi connectivity index (χ4n) is 2.35. The maximum absolute atomic E-state index is 13.6. The quantitative estimate of drug-likeness (QED) is 0.735. The Balaban J connectivity index is 2.13. The van der Waals surface area contributed by atoms with Gasteiger partial charge >= 0.3 is 0 Å². The molecule has 0 amide bonds. The molecule has 3 rings (SSSR count). The zero-order chi connectivity index (χ0) is 14.8. The summed E-state index contributed by atoms with van der Waals surface area (Å²) in [7, 11) is 0. The van der Waals surface area contributed by atoms with Crippen LogP contribution in [-0.4, -0.2) is 9.55 Å². The molecular weight excluding hydrogens is 289 g/mol. The highest BCUT2D eigenvalue weighted by molar-refractivity contribution is 6.31. The van der Waals surface area contributed by atoms with Crippen LogP contribution in [0.4, 0.5) is 4.39 Å². The average Bonchev–Trinajstić information content (AvgIpc) is 2.82. The lowest BCUT2D eigenvalue weighted by atomic mass is 10.2. The molecule has 5 heteroatoms. The van der Waals surface area contributed by atoms with E-state index in [0.717, 1.165) is 11.0 Å². The maximum atomic E-state index is 13.6. The third-order valence-electron chi connectivity index (χ3n) is 3.33. The van der Waals surface area contributed by atoms with Crippen molar-refractivity contribution in [2.24, 2.45) is 0 Å². The van der Waals surface area contributed by atoms with Gasteiger partial charge in [0.2, 0.25) is 0 Å². The minimum absolute atomic E-state index is 0.109. The normalized spacial score (nSPS) is 10.7. The summed E-state index contributed by atoms with van der Waals surface area (Å²) in [4.78, 5) is 4.45. The van der Waals surface area contributed by atoms with E-state index in [9.17, 15) is 4.39 Å². The highest BCUT2D eigenvalue weighted by atomic mass is 35.5. The number of hydrogen-bond donors (Lipinski definition) is 0. The van der Waals surface area contributed by atoms with Crippen LogP contribution in [0.25, 0.3) is 11.0 Å². The first kappa shape index (κ1) is 13.6. The van der Waals surface area contributed by atoms with Crippen LogP contribution in [0.3, 0.4) is 0 Å². The van der Waals surface area contributed by atoms with Gasteiger partial charge in [-0.3, -0.25) is 0 Å². The predicted octanol–water partition coefficient (Wildman–Crippen LogP) is 3.94. The van der Waals surface area contributed by atoms with E-state index in [-0.39, 0.29) is 11.4 Å². The molecule has 104 valence electrons. The third-order valence-corrected chi connectivity index (χ3v) is 3.75. The van der Waals surface area contributed by atoms with Crippen molar-refractivity contribution in [1.29, 1.82) is 5.26 Å². The Morgan fingerprint density at radius 1 is 1.19 bits per heavy atom. The monoisotopic (exact) mass is 299 g/mol. The molecule has 0 saturated carbocycles. The van der Waals surface area contributed by atoms with Crippen molar-refractivity contribution in [3.05, 3.63) is 64.7 Å². The Morgan fingerprint density at radius 2 is 2.00 bits per heavy atom. The summed E-state index contributed by atoms with van der Waals surface area (Å²) in [5, 5.41) is 9.05. The largest absolute Gasteiger partial charge is 0.323 e. The zero-order valence-corrected chi connectivity index (χ0v) is 11.8. The van der Waals surface area contributed by atoms with Gasteiger partial charge < -0.3 is 4.57 Å². The van der Waals surface area contributed by atoms with Gasteiger partial charge in [0, 0.05) is 0 Å². The van der Waals surface area contributed by atoms with E-state index < -0.39 is 5.82 Å². The number of hydrogen-bond acceptors (Lipinski definition) is 2. The summed E-state index contributed by atoms with van der Waals surface area (Å²) in [6.45, 7) is 0.383. The Morgan fingerprint density at radius 3 is 2.81 bits per heavy atom. The first-order chi connectivity index (χ1) is 10.2. The number of aromatic nitrogens is 2. The van der Waals surface area contributed by atoms with E-state index in [2.05, 4.69) is 11.1 Å². The first-order valence-corrected chi connectivity index (χ1v) is 6.82. The van der Waals surface area contributed by atoms with Crippen LogP contribution in [0.1, 0.15) is 11.4 Å². The molecule has 0 atom stereocenters. The molecule has 2 aromatic carbocycles. The molecule has 0 N–H and O–H groups in total. The Kier molecular flexibility index (Phi) is 3.59. The molecule has 0 fully saturated rings. The summed E-state index contributed by atoms with van der Waals surface area (Å²) >= 11 is 6.02. The van der Waals surface area contributed by atoms with Gasteiger partial charge in [0.25, 0.3) is 0 Å².